The van der Waals surface area contributed by atoms with Crippen LogP contribution in [0.4, 0.5) is 17.1 Å². The van der Waals surface area contributed by atoms with Crippen molar-refractivity contribution < 1.29 is 32.0 Å². The molecule has 2 aliphatic rings. The van der Waals surface area contributed by atoms with Crippen molar-refractivity contribution in [2.45, 2.75) is 17.0 Å². The number of imide groups is 1. The molecule has 0 aromatic heterocycles. The molecule has 11 nitrogen and oxygen atoms in total. The minimum absolute atomic E-state index is 0.0129. The summed E-state index contributed by atoms with van der Waals surface area (Å²) in [6.07, 6.45) is -1.19. The normalized spacial score (nSPS) is 20.1. The fourth-order valence-electron chi connectivity index (χ4n) is 5.05. The Balaban J connectivity index is 1.37. The van der Waals surface area contributed by atoms with E-state index in [9.17, 15) is 28.1 Å². The number of non-ortho nitro benzene ring substituents is 1. The highest BCUT2D eigenvalue weighted by molar-refractivity contribution is 9.10. The van der Waals surface area contributed by atoms with Crippen molar-refractivity contribution in [1.82, 2.24) is 0 Å². The van der Waals surface area contributed by atoms with E-state index < -0.39 is 44.9 Å². The molecule has 2 heterocycles. The van der Waals surface area contributed by atoms with Crippen molar-refractivity contribution >= 4 is 54.9 Å². The van der Waals surface area contributed by atoms with Gasteiger partial charge in [-0.15, -0.1) is 0 Å². The number of amides is 2. The number of hydrogen-bond donors (Lipinski definition) is 0. The highest BCUT2D eigenvalue weighted by Crippen LogP contribution is 2.48. The van der Waals surface area contributed by atoms with Crippen LogP contribution in [-0.4, -0.2) is 31.3 Å². The molecule has 2 amide bonds. The van der Waals surface area contributed by atoms with Crippen molar-refractivity contribution in [1.29, 1.82) is 0 Å². The number of hydrogen-bond acceptors (Lipinski definition) is 9. The average Bonchev–Trinajstić information content (AvgIpc) is 3.50. The molecule has 3 atom stereocenters. The first kappa shape index (κ1) is 27.6. The molecular weight excluding hydrogens is 630 g/mol. The first-order chi connectivity index (χ1) is 20.1. The van der Waals surface area contributed by atoms with Gasteiger partial charge in [-0.1, -0.05) is 52.3 Å². The van der Waals surface area contributed by atoms with Gasteiger partial charge in [0.2, 0.25) is 5.91 Å². The number of carbonyl (C=O) groups excluding carboxylic acids is 2. The van der Waals surface area contributed by atoms with Crippen molar-refractivity contribution in [2.24, 2.45) is 5.92 Å². The minimum atomic E-state index is -4.09. The van der Waals surface area contributed by atoms with Crippen LogP contribution in [0.25, 0.3) is 0 Å². The predicted octanol–water partition coefficient (Wildman–Crippen LogP) is 5.18. The molecule has 0 radical (unpaired) electrons. The number of carbonyl (C=O) groups is 2. The molecule has 4 aromatic rings. The van der Waals surface area contributed by atoms with Crippen LogP contribution in [-0.2, 0) is 24.5 Å². The summed E-state index contributed by atoms with van der Waals surface area (Å²) in [5.74, 6) is -2.04. The molecule has 212 valence electrons. The number of hydroxylamine groups is 1. The standard InChI is InChI=1S/C29H20BrN3O8S/c30-19-11-13-20(14-12-19)31-28(34)25-26(32(40-27(25)29(31)35)21-5-4-6-22(17-21)33(36)37)18-9-15-23(16-10-18)41-42(38,39)24-7-2-1-3-8-24/h1-17,25-27H/t25-,26+,27+/m1/s1. The third-order valence-corrected chi connectivity index (χ3v) is 8.74. The Bertz CT molecular complexity index is 1800. The van der Waals surface area contributed by atoms with Gasteiger partial charge >= 0.3 is 10.1 Å². The van der Waals surface area contributed by atoms with Crippen LogP contribution < -0.4 is 14.1 Å². The number of anilines is 2. The summed E-state index contributed by atoms with van der Waals surface area (Å²) >= 11 is 3.34. The molecule has 0 spiro atoms. The molecular formula is C29H20BrN3O8S. The molecule has 2 aliphatic heterocycles. The maximum Gasteiger partial charge on any atom is 0.339 e. The van der Waals surface area contributed by atoms with Gasteiger partial charge in [0.25, 0.3) is 11.6 Å². The molecule has 13 heteroatoms. The second-order valence-electron chi connectivity index (χ2n) is 9.51. The molecule has 0 N–H and O–H groups in total. The van der Waals surface area contributed by atoms with E-state index >= 15 is 0 Å². The van der Waals surface area contributed by atoms with Gasteiger partial charge in [0.15, 0.2) is 6.10 Å². The fraction of sp³-hybridized carbons (Fsp3) is 0.103. The monoisotopic (exact) mass is 649 g/mol. The van der Waals surface area contributed by atoms with E-state index in [2.05, 4.69) is 15.9 Å². The number of benzene rings is 4. The van der Waals surface area contributed by atoms with E-state index in [-0.39, 0.29) is 22.0 Å². The van der Waals surface area contributed by atoms with Crippen LogP contribution in [0.1, 0.15) is 11.6 Å². The molecule has 4 aromatic carbocycles. The lowest BCUT2D eigenvalue weighted by Crippen LogP contribution is -2.37. The molecule has 42 heavy (non-hydrogen) atoms. The molecule has 2 saturated heterocycles. The van der Waals surface area contributed by atoms with Crippen LogP contribution in [0.3, 0.4) is 0 Å². The van der Waals surface area contributed by atoms with E-state index in [0.29, 0.717) is 11.3 Å². The van der Waals surface area contributed by atoms with Gasteiger partial charge in [-0.3, -0.25) is 24.5 Å². The topological polar surface area (TPSA) is 136 Å². The Kier molecular flexibility index (Phi) is 7.01. The van der Waals surface area contributed by atoms with E-state index in [0.717, 1.165) is 9.37 Å². The quantitative estimate of drug-likeness (QED) is 0.115. The number of halogens is 1. The zero-order valence-corrected chi connectivity index (χ0v) is 23.8. The molecule has 0 unspecified atom stereocenters. The number of nitro groups is 1. The SMILES string of the molecule is O=C1[C@H]2[C@H](ON(c3cccc([N+](=O)[O-])c3)[C@H]2c2ccc(OS(=O)(=O)c3ccccc3)cc2)C(=O)N1c1ccc(Br)cc1. The van der Waals surface area contributed by atoms with Gasteiger partial charge in [0.05, 0.1) is 22.3 Å². The van der Waals surface area contributed by atoms with Crippen LogP contribution >= 0.6 is 15.9 Å². The van der Waals surface area contributed by atoms with Crippen molar-refractivity contribution in [3.05, 3.63) is 123 Å². The van der Waals surface area contributed by atoms with Crippen LogP contribution in [0.5, 0.6) is 5.75 Å². The maximum atomic E-state index is 13.8. The van der Waals surface area contributed by atoms with Gasteiger partial charge in [-0.2, -0.15) is 8.42 Å². The van der Waals surface area contributed by atoms with E-state index in [1.54, 1.807) is 60.7 Å². The summed E-state index contributed by atoms with van der Waals surface area (Å²) in [7, 11) is -4.09. The molecule has 2 fully saturated rings. The highest BCUT2D eigenvalue weighted by atomic mass is 79.9. The van der Waals surface area contributed by atoms with Crippen LogP contribution in [0, 0.1) is 16.0 Å². The molecule has 0 aliphatic carbocycles. The Morgan fingerprint density at radius 1 is 0.833 bits per heavy atom. The molecule has 6 rings (SSSR count). The van der Waals surface area contributed by atoms with E-state index in [1.807, 2.05) is 0 Å². The Morgan fingerprint density at radius 2 is 1.52 bits per heavy atom. The lowest BCUT2D eigenvalue weighted by molar-refractivity contribution is -0.384. The second-order valence-corrected chi connectivity index (χ2v) is 12.0. The van der Waals surface area contributed by atoms with Gasteiger partial charge in [0.1, 0.15) is 16.6 Å². The average molecular weight is 650 g/mol. The van der Waals surface area contributed by atoms with E-state index in [4.69, 9.17) is 9.02 Å². The van der Waals surface area contributed by atoms with E-state index in [1.165, 1.54) is 47.5 Å². The third-order valence-electron chi connectivity index (χ3n) is 6.95. The van der Waals surface area contributed by atoms with Gasteiger partial charge < -0.3 is 4.18 Å². The summed E-state index contributed by atoms with van der Waals surface area (Å²) in [5, 5.41) is 12.8. The lowest BCUT2D eigenvalue weighted by Gasteiger charge is -2.28. The lowest BCUT2D eigenvalue weighted by atomic mass is 9.90. The second kappa shape index (κ2) is 10.7. The van der Waals surface area contributed by atoms with Crippen molar-refractivity contribution in [3.8, 4) is 5.75 Å². The highest BCUT2D eigenvalue weighted by Gasteiger charge is 2.60. The maximum absolute atomic E-state index is 13.8. The summed E-state index contributed by atoms with van der Waals surface area (Å²) in [6.45, 7) is 0. The van der Waals surface area contributed by atoms with Gasteiger partial charge in [0, 0.05) is 16.6 Å². The summed E-state index contributed by atoms with van der Waals surface area (Å²) in [6, 6.07) is 25.1. The predicted molar refractivity (Wildman–Crippen MR) is 154 cm³/mol. The summed E-state index contributed by atoms with van der Waals surface area (Å²) in [4.78, 5) is 45.3. The third kappa shape index (κ3) is 4.91. The molecule has 0 saturated carbocycles. The number of nitro benzene ring substituents is 1. The number of rotatable bonds is 7. The zero-order chi connectivity index (χ0) is 29.6. The Hall–Kier alpha value is -4.59. The number of nitrogens with zero attached hydrogens (tertiary/aromatic N) is 3. The van der Waals surface area contributed by atoms with Crippen LogP contribution in [0.15, 0.2) is 112 Å². The fourth-order valence-corrected chi connectivity index (χ4v) is 6.26. The zero-order valence-electron chi connectivity index (χ0n) is 21.4. The molecule has 0 bridgehead atoms. The Morgan fingerprint density at radius 3 is 2.19 bits per heavy atom. The van der Waals surface area contributed by atoms with Crippen LogP contribution in [0.2, 0.25) is 0 Å². The first-order valence-electron chi connectivity index (χ1n) is 12.6. The first-order valence-corrected chi connectivity index (χ1v) is 14.8. The Labute approximate surface area is 248 Å². The summed E-state index contributed by atoms with van der Waals surface area (Å²) < 4.78 is 31.4. The smallest absolute Gasteiger partial charge is 0.339 e. The van der Waals surface area contributed by atoms with Crippen molar-refractivity contribution in [2.75, 3.05) is 9.96 Å². The minimum Gasteiger partial charge on any atom is -0.379 e. The largest absolute Gasteiger partial charge is 0.379 e. The van der Waals surface area contributed by atoms with Gasteiger partial charge in [-0.25, -0.2) is 9.96 Å². The summed E-state index contributed by atoms with van der Waals surface area (Å²) in [5.41, 5.74) is 0.946. The van der Waals surface area contributed by atoms with Crippen molar-refractivity contribution in [3.63, 3.8) is 0 Å². The number of fused-ring (bicyclic) bond motifs is 1. The van der Waals surface area contributed by atoms with Gasteiger partial charge in [-0.05, 0) is 60.2 Å².